The van der Waals surface area contributed by atoms with E-state index in [-0.39, 0.29) is 11.5 Å². The number of carbonyl (C=O) groups excluding carboxylic acids is 1. The number of benzene rings is 2. The SMILES string of the molecule is COCCCn1c(=S)[nH]c2cc(C(=O)N3CCN(c4cccc(Cl)c4)CC3)ccc2c1=O. The summed E-state index contributed by atoms with van der Waals surface area (Å²) in [4.78, 5) is 33.1. The molecule has 0 saturated carbocycles. The highest BCUT2D eigenvalue weighted by molar-refractivity contribution is 7.71. The largest absolute Gasteiger partial charge is 0.385 e. The Bertz CT molecular complexity index is 1250. The summed E-state index contributed by atoms with van der Waals surface area (Å²) in [5.74, 6) is -0.0544. The van der Waals surface area contributed by atoms with Gasteiger partial charge in [-0.2, -0.15) is 0 Å². The van der Waals surface area contributed by atoms with Crippen molar-refractivity contribution in [3.63, 3.8) is 0 Å². The smallest absolute Gasteiger partial charge is 0.262 e. The van der Waals surface area contributed by atoms with Crippen LogP contribution in [0.4, 0.5) is 5.69 Å². The summed E-state index contributed by atoms with van der Waals surface area (Å²) in [5, 5.41) is 1.21. The molecule has 0 aliphatic carbocycles. The molecule has 1 aliphatic rings. The third-order valence-corrected chi connectivity index (χ3v) is 6.26. The second kappa shape index (κ2) is 9.85. The van der Waals surface area contributed by atoms with Gasteiger partial charge in [-0.25, -0.2) is 0 Å². The molecule has 3 aromatic rings. The first-order valence-electron chi connectivity index (χ1n) is 10.5. The van der Waals surface area contributed by atoms with E-state index >= 15 is 0 Å². The van der Waals surface area contributed by atoms with Crippen LogP contribution in [0.15, 0.2) is 47.3 Å². The minimum Gasteiger partial charge on any atom is -0.385 e. The predicted molar refractivity (Wildman–Crippen MR) is 129 cm³/mol. The zero-order valence-electron chi connectivity index (χ0n) is 17.8. The Hall–Kier alpha value is -2.68. The highest BCUT2D eigenvalue weighted by Crippen LogP contribution is 2.21. The molecule has 1 N–H and O–H groups in total. The fraction of sp³-hybridized carbons (Fsp3) is 0.348. The molecule has 2 heterocycles. The Morgan fingerprint density at radius 3 is 2.66 bits per heavy atom. The van der Waals surface area contributed by atoms with Crippen LogP contribution in [0.25, 0.3) is 10.9 Å². The molecule has 0 bridgehead atoms. The zero-order chi connectivity index (χ0) is 22.7. The van der Waals surface area contributed by atoms with Gasteiger partial charge < -0.3 is 19.5 Å². The van der Waals surface area contributed by atoms with Gasteiger partial charge in [0.15, 0.2) is 4.77 Å². The molecule has 32 heavy (non-hydrogen) atoms. The number of aromatic nitrogens is 2. The van der Waals surface area contributed by atoms with Crippen LogP contribution >= 0.6 is 23.8 Å². The summed E-state index contributed by atoms with van der Waals surface area (Å²) >= 11 is 11.5. The van der Waals surface area contributed by atoms with Crippen LogP contribution in [0.1, 0.15) is 16.8 Å². The first-order chi connectivity index (χ1) is 15.5. The van der Waals surface area contributed by atoms with Gasteiger partial charge in [-0.3, -0.25) is 14.2 Å². The fourth-order valence-corrected chi connectivity index (χ4v) is 4.45. The van der Waals surface area contributed by atoms with E-state index in [4.69, 9.17) is 28.6 Å². The topological polar surface area (TPSA) is 70.6 Å². The number of hydrogen-bond donors (Lipinski definition) is 1. The molecule has 1 fully saturated rings. The summed E-state index contributed by atoms with van der Waals surface area (Å²) in [5.41, 5.74) is 2.01. The molecule has 0 spiro atoms. The van der Waals surface area contributed by atoms with Crippen LogP contribution in [-0.4, -0.2) is 60.3 Å². The molecule has 4 rings (SSSR count). The Labute approximate surface area is 196 Å². The molecule has 7 nitrogen and oxygen atoms in total. The molecule has 168 valence electrons. The van der Waals surface area contributed by atoms with Gasteiger partial charge in [0.1, 0.15) is 0 Å². The van der Waals surface area contributed by atoms with Crippen LogP contribution in [-0.2, 0) is 11.3 Å². The summed E-state index contributed by atoms with van der Waals surface area (Å²) in [6, 6.07) is 12.9. The van der Waals surface area contributed by atoms with Crippen LogP contribution in [0.2, 0.25) is 5.02 Å². The number of amides is 1. The number of H-pyrrole nitrogens is 1. The molecule has 0 unspecified atom stereocenters. The maximum atomic E-state index is 13.1. The molecule has 1 aromatic heterocycles. The third-order valence-electron chi connectivity index (χ3n) is 5.70. The number of hydrogen-bond acceptors (Lipinski definition) is 5. The van der Waals surface area contributed by atoms with Crippen molar-refractivity contribution >= 4 is 46.3 Å². The van der Waals surface area contributed by atoms with E-state index in [2.05, 4.69) is 9.88 Å². The fourth-order valence-electron chi connectivity index (χ4n) is 3.98. The number of piperazine rings is 1. The number of rotatable bonds is 6. The molecule has 9 heteroatoms. The van der Waals surface area contributed by atoms with Crippen molar-refractivity contribution < 1.29 is 9.53 Å². The molecule has 1 amide bonds. The first kappa shape index (κ1) is 22.5. The number of ether oxygens (including phenoxy) is 1. The van der Waals surface area contributed by atoms with Gasteiger partial charge in [-0.1, -0.05) is 17.7 Å². The van der Waals surface area contributed by atoms with E-state index in [0.29, 0.717) is 58.9 Å². The Kier molecular flexibility index (Phi) is 6.93. The zero-order valence-corrected chi connectivity index (χ0v) is 19.4. The second-order valence-electron chi connectivity index (χ2n) is 7.75. The lowest BCUT2D eigenvalue weighted by atomic mass is 10.1. The first-order valence-corrected chi connectivity index (χ1v) is 11.3. The lowest BCUT2D eigenvalue weighted by Crippen LogP contribution is -2.48. The molecular weight excluding hydrogens is 448 g/mol. The number of nitrogens with zero attached hydrogens (tertiary/aromatic N) is 3. The lowest BCUT2D eigenvalue weighted by molar-refractivity contribution is 0.0747. The van der Waals surface area contributed by atoms with Gasteiger partial charge in [0.05, 0.1) is 10.9 Å². The number of halogens is 1. The summed E-state index contributed by atoms with van der Waals surface area (Å²) in [6.45, 7) is 3.72. The minimum atomic E-state index is -0.158. The highest BCUT2D eigenvalue weighted by atomic mass is 35.5. The Balaban J connectivity index is 1.50. The van der Waals surface area contributed by atoms with Crippen molar-refractivity contribution in [3.8, 4) is 0 Å². The molecule has 0 atom stereocenters. The number of methoxy groups -OCH3 is 1. The number of fused-ring (bicyclic) bond motifs is 1. The van der Waals surface area contributed by atoms with Gasteiger partial charge >= 0.3 is 0 Å². The molecular formula is C23H25ClN4O3S. The van der Waals surface area contributed by atoms with E-state index in [1.165, 1.54) is 4.57 Å². The van der Waals surface area contributed by atoms with Gasteiger partial charge in [0.2, 0.25) is 0 Å². The van der Waals surface area contributed by atoms with E-state index in [9.17, 15) is 9.59 Å². The van der Waals surface area contributed by atoms with Crippen molar-refractivity contribution in [2.24, 2.45) is 0 Å². The van der Waals surface area contributed by atoms with Crippen molar-refractivity contribution in [2.75, 3.05) is 44.8 Å². The lowest BCUT2D eigenvalue weighted by Gasteiger charge is -2.36. The van der Waals surface area contributed by atoms with Crippen LogP contribution in [0.3, 0.4) is 0 Å². The number of aromatic amines is 1. The average molecular weight is 473 g/mol. The molecule has 0 radical (unpaired) electrons. The van der Waals surface area contributed by atoms with E-state index in [1.54, 1.807) is 25.3 Å². The second-order valence-corrected chi connectivity index (χ2v) is 8.58. The Morgan fingerprint density at radius 2 is 1.94 bits per heavy atom. The molecule has 1 aliphatic heterocycles. The number of anilines is 1. The van der Waals surface area contributed by atoms with E-state index < -0.39 is 0 Å². The minimum absolute atomic E-state index is 0.0544. The molecule has 2 aromatic carbocycles. The summed E-state index contributed by atoms with van der Waals surface area (Å²) in [6.07, 6.45) is 0.692. The normalized spacial score (nSPS) is 14.2. The maximum absolute atomic E-state index is 13.1. The van der Waals surface area contributed by atoms with Crippen molar-refractivity contribution in [2.45, 2.75) is 13.0 Å². The van der Waals surface area contributed by atoms with Crippen molar-refractivity contribution in [3.05, 3.63) is 68.2 Å². The maximum Gasteiger partial charge on any atom is 0.262 e. The van der Waals surface area contributed by atoms with Gasteiger partial charge in [0, 0.05) is 62.7 Å². The van der Waals surface area contributed by atoms with E-state index in [0.717, 1.165) is 18.8 Å². The van der Waals surface area contributed by atoms with Crippen molar-refractivity contribution in [1.29, 1.82) is 0 Å². The monoisotopic (exact) mass is 472 g/mol. The standard InChI is InChI=1S/C23H25ClN4O3S/c1-31-13-3-8-28-22(30)19-7-6-16(14-20(19)25-23(28)32)21(29)27-11-9-26(10-12-27)18-5-2-4-17(24)15-18/h2,4-7,14-15H,3,8-13H2,1H3,(H,25,32). The van der Waals surface area contributed by atoms with Gasteiger partial charge in [-0.05, 0) is 55.0 Å². The van der Waals surface area contributed by atoms with Crippen LogP contribution in [0.5, 0.6) is 0 Å². The van der Waals surface area contributed by atoms with E-state index in [1.807, 2.05) is 29.2 Å². The Morgan fingerprint density at radius 1 is 1.16 bits per heavy atom. The van der Waals surface area contributed by atoms with Crippen LogP contribution in [0, 0.1) is 4.77 Å². The van der Waals surface area contributed by atoms with Crippen LogP contribution < -0.4 is 10.5 Å². The quantitative estimate of drug-likeness (QED) is 0.437. The van der Waals surface area contributed by atoms with Gasteiger partial charge in [-0.15, -0.1) is 0 Å². The summed E-state index contributed by atoms with van der Waals surface area (Å²) in [7, 11) is 1.62. The average Bonchev–Trinajstić information content (AvgIpc) is 2.80. The predicted octanol–water partition coefficient (Wildman–Crippen LogP) is 3.71. The number of nitrogens with one attached hydrogen (secondary N) is 1. The number of carbonyl (C=O) groups is 1. The highest BCUT2D eigenvalue weighted by Gasteiger charge is 2.23. The third kappa shape index (κ3) is 4.72. The molecule has 1 saturated heterocycles. The van der Waals surface area contributed by atoms with Gasteiger partial charge in [0.25, 0.3) is 11.5 Å². The van der Waals surface area contributed by atoms with Crippen molar-refractivity contribution in [1.82, 2.24) is 14.5 Å². The summed E-state index contributed by atoms with van der Waals surface area (Å²) < 4.78 is 6.94.